The zero-order chi connectivity index (χ0) is 17.3. The Hall–Kier alpha value is -2.09. The van der Waals surface area contributed by atoms with Crippen LogP contribution in [0.25, 0.3) is 11.0 Å². The number of rotatable bonds is 4. The van der Waals surface area contributed by atoms with E-state index in [9.17, 15) is 4.79 Å². The summed E-state index contributed by atoms with van der Waals surface area (Å²) >= 11 is 0. The van der Waals surface area contributed by atoms with Gasteiger partial charge in [0.05, 0.1) is 17.6 Å². The summed E-state index contributed by atoms with van der Waals surface area (Å²) in [5.41, 5.74) is 1.38. The molecule has 0 atom stereocenters. The second kappa shape index (κ2) is 8.73. The molecular formula is C18H24Cl2N6O. The molecule has 2 N–H and O–H groups in total. The van der Waals surface area contributed by atoms with Gasteiger partial charge in [0.25, 0.3) is 0 Å². The highest BCUT2D eigenvalue weighted by atomic mass is 35.5. The first-order chi connectivity index (χ1) is 12.2. The van der Waals surface area contributed by atoms with Crippen molar-refractivity contribution in [3.63, 3.8) is 0 Å². The number of aryl methyl sites for hydroxylation is 1. The molecule has 1 aromatic carbocycles. The van der Waals surface area contributed by atoms with Gasteiger partial charge in [0.1, 0.15) is 11.4 Å². The fraction of sp³-hybridized carbons (Fsp3) is 0.389. The lowest BCUT2D eigenvalue weighted by atomic mass is 9.87. The first-order valence-corrected chi connectivity index (χ1v) is 8.60. The van der Waals surface area contributed by atoms with Gasteiger partial charge < -0.3 is 15.2 Å². The smallest absolute Gasteiger partial charge is 0.248 e. The minimum Gasteiger partial charge on any atom is -0.347 e. The van der Waals surface area contributed by atoms with Crippen molar-refractivity contribution in [2.75, 3.05) is 13.1 Å². The van der Waals surface area contributed by atoms with Crippen LogP contribution in [0.1, 0.15) is 18.7 Å². The molecule has 0 aliphatic carbocycles. The predicted octanol–water partition coefficient (Wildman–Crippen LogP) is 2.01. The van der Waals surface area contributed by atoms with Gasteiger partial charge in [-0.05, 0) is 44.1 Å². The minimum atomic E-state index is -0.626. The monoisotopic (exact) mass is 410 g/mol. The highest BCUT2D eigenvalue weighted by Gasteiger charge is 2.41. The van der Waals surface area contributed by atoms with Gasteiger partial charge in [-0.1, -0.05) is 12.1 Å². The Bertz CT molecular complexity index is 887. The topological polar surface area (TPSA) is 76.8 Å². The van der Waals surface area contributed by atoms with Gasteiger partial charge in [-0.2, -0.15) is 5.10 Å². The molecular weight excluding hydrogens is 387 g/mol. The van der Waals surface area contributed by atoms with Crippen LogP contribution in [0.4, 0.5) is 0 Å². The molecule has 0 spiro atoms. The molecule has 3 heterocycles. The Morgan fingerprint density at radius 2 is 1.96 bits per heavy atom. The van der Waals surface area contributed by atoms with E-state index in [0.29, 0.717) is 6.54 Å². The molecule has 0 unspecified atom stereocenters. The summed E-state index contributed by atoms with van der Waals surface area (Å²) in [6, 6.07) is 9.85. The van der Waals surface area contributed by atoms with Gasteiger partial charge in [-0.3, -0.25) is 9.48 Å². The maximum Gasteiger partial charge on any atom is 0.248 e. The molecule has 9 heteroatoms. The molecule has 2 aromatic heterocycles. The Morgan fingerprint density at radius 1 is 1.22 bits per heavy atom. The summed E-state index contributed by atoms with van der Waals surface area (Å²) in [6.45, 7) is 2.01. The molecule has 1 amide bonds. The van der Waals surface area contributed by atoms with Crippen molar-refractivity contribution >= 4 is 41.8 Å². The Labute approximate surface area is 170 Å². The Balaban J connectivity index is 0.00000131. The van der Waals surface area contributed by atoms with Crippen molar-refractivity contribution < 1.29 is 4.79 Å². The fourth-order valence-electron chi connectivity index (χ4n) is 3.60. The van der Waals surface area contributed by atoms with Gasteiger partial charge in [0.15, 0.2) is 0 Å². The molecule has 1 saturated heterocycles. The number of amides is 1. The largest absolute Gasteiger partial charge is 0.347 e. The lowest BCUT2D eigenvalue weighted by molar-refractivity contribution is -0.132. The highest BCUT2D eigenvalue weighted by Crippen LogP contribution is 2.27. The Kier molecular flexibility index (Phi) is 6.86. The number of nitrogens with zero attached hydrogens (tertiary/aromatic N) is 4. The fourth-order valence-corrected chi connectivity index (χ4v) is 3.60. The van der Waals surface area contributed by atoms with E-state index in [1.54, 1.807) is 10.9 Å². The third-order valence-corrected chi connectivity index (χ3v) is 5.08. The van der Waals surface area contributed by atoms with Crippen LogP contribution in [0.3, 0.4) is 0 Å². The van der Waals surface area contributed by atoms with Crippen molar-refractivity contribution in [2.45, 2.75) is 24.9 Å². The summed E-state index contributed by atoms with van der Waals surface area (Å²) in [4.78, 5) is 17.7. The zero-order valence-electron chi connectivity index (χ0n) is 15.1. The van der Waals surface area contributed by atoms with Crippen molar-refractivity contribution in [1.29, 1.82) is 0 Å². The van der Waals surface area contributed by atoms with E-state index in [0.717, 1.165) is 42.8 Å². The number of aromatic nitrogens is 4. The van der Waals surface area contributed by atoms with Crippen LogP contribution in [0, 0.1) is 0 Å². The van der Waals surface area contributed by atoms with Gasteiger partial charge in [0, 0.05) is 19.4 Å². The number of nitrogens with one attached hydrogen (secondary N) is 2. The number of imidazole rings is 1. The molecule has 7 nitrogen and oxygen atoms in total. The van der Waals surface area contributed by atoms with Gasteiger partial charge in [-0.15, -0.1) is 24.8 Å². The van der Waals surface area contributed by atoms with E-state index < -0.39 is 5.54 Å². The molecule has 0 radical (unpaired) electrons. The van der Waals surface area contributed by atoms with E-state index in [2.05, 4.69) is 20.7 Å². The molecule has 3 aromatic rings. The number of hydrogen-bond donors (Lipinski definition) is 2. The van der Waals surface area contributed by atoms with Gasteiger partial charge >= 0.3 is 0 Å². The molecule has 1 fully saturated rings. The van der Waals surface area contributed by atoms with Crippen LogP contribution in [0.15, 0.2) is 42.7 Å². The average Bonchev–Trinajstić information content (AvgIpc) is 3.30. The number of benzene rings is 1. The molecule has 1 aliphatic rings. The lowest BCUT2D eigenvalue weighted by Gasteiger charge is -2.36. The highest BCUT2D eigenvalue weighted by molar-refractivity contribution is 5.86. The van der Waals surface area contributed by atoms with E-state index in [-0.39, 0.29) is 30.7 Å². The number of fused-ring (bicyclic) bond motifs is 1. The molecule has 0 bridgehead atoms. The maximum absolute atomic E-state index is 13.1. The van der Waals surface area contributed by atoms with Crippen LogP contribution in [-0.2, 0) is 23.9 Å². The van der Waals surface area contributed by atoms with Crippen molar-refractivity contribution in [3.05, 3.63) is 48.5 Å². The predicted molar refractivity (Wildman–Crippen MR) is 109 cm³/mol. The molecule has 4 rings (SSSR count). The number of carbonyl (C=O) groups is 1. The summed E-state index contributed by atoms with van der Waals surface area (Å²) in [6.07, 6.45) is 5.05. The standard InChI is InChI=1S/C18H22N6O.2ClH/c1-23-15-6-3-2-5-14(15)22-16(23)13-20-17(25)18(7-10-19-11-8-18)24-12-4-9-21-24;;/h2-6,9,12,19H,7-8,10-11,13H2,1H3,(H,20,25);2*1H. The lowest BCUT2D eigenvalue weighted by Crippen LogP contribution is -2.54. The second-order valence-corrected chi connectivity index (χ2v) is 6.49. The first kappa shape index (κ1) is 21.2. The number of piperidine rings is 1. The van der Waals surface area contributed by atoms with Crippen LogP contribution in [0.2, 0.25) is 0 Å². The summed E-state index contributed by atoms with van der Waals surface area (Å²) in [7, 11) is 1.98. The second-order valence-electron chi connectivity index (χ2n) is 6.49. The minimum absolute atomic E-state index is 0. The number of hydrogen-bond acceptors (Lipinski definition) is 4. The van der Waals surface area contributed by atoms with Crippen molar-refractivity contribution in [3.8, 4) is 0 Å². The van der Waals surface area contributed by atoms with Gasteiger partial charge in [-0.25, -0.2) is 4.98 Å². The van der Waals surface area contributed by atoms with E-state index in [4.69, 9.17) is 0 Å². The quantitative estimate of drug-likeness (QED) is 0.689. The molecule has 146 valence electrons. The zero-order valence-corrected chi connectivity index (χ0v) is 16.7. The van der Waals surface area contributed by atoms with Crippen LogP contribution >= 0.6 is 24.8 Å². The van der Waals surface area contributed by atoms with Crippen LogP contribution < -0.4 is 10.6 Å². The number of halogens is 2. The van der Waals surface area contributed by atoms with E-state index >= 15 is 0 Å². The summed E-state index contributed by atoms with van der Waals surface area (Å²) in [5, 5.41) is 10.8. The third kappa shape index (κ3) is 3.81. The third-order valence-electron chi connectivity index (χ3n) is 5.08. The first-order valence-electron chi connectivity index (χ1n) is 8.60. The van der Waals surface area contributed by atoms with Gasteiger partial charge in [0.2, 0.25) is 5.91 Å². The summed E-state index contributed by atoms with van der Waals surface area (Å²) in [5.74, 6) is 0.851. The maximum atomic E-state index is 13.1. The van der Waals surface area contributed by atoms with E-state index in [1.165, 1.54) is 0 Å². The van der Waals surface area contributed by atoms with Crippen LogP contribution in [0.5, 0.6) is 0 Å². The Morgan fingerprint density at radius 3 is 2.63 bits per heavy atom. The van der Waals surface area contributed by atoms with Crippen molar-refractivity contribution in [2.24, 2.45) is 7.05 Å². The molecule has 1 aliphatic heterocycles. The van der Waals surface area contributed by atoms with E-state index in [1.807, 2.05) is 48.1 Å². The molecule has 27 heavy (non-hydrogen) atoms. The average molecular weight is 411 g/mol. The number of para-hydroxylation sites is 2. The van der Waals surface area contributed by atoms with Crippen molar-refractivity contribution in [1.82, 2.24) is 30.0 Å². The SMILES string of the molecule is Cl.Cl.Cn1c(CNC(=O)C2(n3cccn3)CCNCC2)nc2ccccc21. The molecule has 0 saturated carbocycles. The normalized spacial score (nSPS) is 15.6. The number of carbonyl (C=O) groups excluding carboxylic acids is 1. The van der Waals surface area contributed by atoms with Crippen LogP contribution in [-0.4, -0.2) is 38.3 Å². The summed E-state index contributed by atoms with van der Waals surface area (Å²) < 4.78 is 3.83.